The van der Waals surface area contributed by atoms with Gasteiger partial charge < -0.3 is 9.80 Å². The average Bonchev–Trinajstić information content (AvgIpc) is 2.27. The minimum Gasteiger partial charge on any atom is -0.301 e. The van der Waals surface area contributed by atoms with Crippen molar-refractivity contribution in [2.45, 2.75) is 32.6 Å². The molecule has 0 saturated carbocycles. The van der Waals surface area contributed by atoms with Crippen molar-refractivity contribution >= 4 is 0 Å². The average molecular weight is 220 g/mol. The van der Waals surface area contributed by atoms with Gasteiger partial charge >= 0.3 is 0 Å². The number of halogens is 2. The van der Waals surface area contributed by atoms with Gasteiger partial charge in [0, 0.05) is 45.6 Å². The van der Waals surface area contributed by atoms with Gasteiger partial charge in [-0.1, -0.05) is 13.8 Å². The van der Waals surface area contributed by atoms with Gasteiger partial charge in [-0.05, 0) is 6.54 Å². The summed E-state index contributed by atoms with van der Waals surface area (Å²) in [7, 11) is 0. The van der Waals surface area contributed by atoms with E-state index in [0.29, 0.717) is 6.54 Å². The Kier molecular flexibility index (Phi) is 4.93. The first-order valence-corrected chi connectivity index (χ1v) is 5.90. The van der Waals surface area contributed by atoms with Crippen molar-refractivity contribution in [3.8, 4) is 0 Å². The van der Waals surface area contributed by atoms with E-state index in [-0.39, 0.29) is 12.8 Å². The maximum Gasteiger partial charge on any atom is 0.249 e. The van der Waals surface area contributed by atoms with Gasteiger partial charge in [0.2, 0.25) is 5.92 Å². The Bertz CT molecular complexity index is 177. The number of hydrogen-bond acceptors (Lipinski definition) is 2. The van der Waals surface area contributed by atoms with E-state index in [0.717, 1.165) is 32.7 Å². The van der Waals surface area contributed by atoms with Crippen LogP contribution in [0.3, 0.4) is 0 Å². The highest BCUT2D eigenvalue weighted by atomic mass is 19.3. The lowest BCUT2D eigenvalue weighted by Gasteiger charge is -2.34. The smallest absolute Gasteiger partial charge is 0.249 e. The van der Waals surface area contributed by atoms with Crippen molar-refractivity contribution in [3.63, 3.8) is 0 Å². The predicted octanol–water partition coefficient (Wildman–Crippen LogP) is 2.06. The fourth-order valence-electron chi connectivity index (χ4n) is 1.83. The summed E-state index contributed by atoms with van der Waals surface area (Å²) < 4.78 is 26.0. The van der Waals surface area contributed by atoms with E-state index in [4.69, 9.17) is 0 Å². The molecule has 0 amide bonds. The van der Waals surface area contributed by atoms with E-state index >= 15 is 0 Å². The number of alkyl halides is 2. The van der Waals surface area contributed by atoms with E-state index in [1.165, 1.54) is 0 Å². The van der Waals surface area contributed by atoms with Gasteiger partial charge in [0.1, 0.15) is 0 Å². The summed E-state index contributed by atoms with van der Waals surface area (Å²) in [5.74, 6) is -2.47. The quantitative estimate of drug-likeness (QED) is 0.699. The second kappa shape index (κ2) is 5.75. The van der Waals surface area contributed by atoms with Gasteiger partial charge in [-0.15, -0.1) is 0 Å². The molecule has 0 aromatic carbocycles. The van der Waals surface area contributed by atoms with Crippen LogP contribution in [0.25, 0.3) is 0 Å². The molecule has 0 atom stereocenters. The Morgan fingerprint density at radius 1 is 1.00 bits per heavy atom. The Morgan fingerprint density at radius 2 is 1.53 bits per heavy atom. The molecule has 0 aromatic rings. The van der Waals surface area contributed by atoms with E-state index in [1.807, 2.05) is 0 Å². The van der Waals surface area contributed by atoms with Crippen LogP contribution in [0.1, 0.15) is 26.7 Å². The number of piperazine rings is 1. The number of rotatable bonds is 5. The van der Waals surface area contributed by atoms with Crippen molar-refractivity contribution in [2.24, 2.45) is 0 Å². The summed E-state index contributed by atoms with van der Waals surface area (Å²) in [5, 5.41) is 0. The molecule has 0 spiro atoms. The second-order valence-electron chi connectivity index (χ2n) is 4.24. The summed E-state index contributed by atoms with van der Waals surface area (Å²) in [6.45, 7) is 9.22. The Hall–Kier alpha value is -0.220. The Labute approximate surface area is 91.2 Å². The molecule has 0 aliphatic carbocycles. The normalized spacial score (nSPS) is 20.8. The summed E-state index contributed by atoms with van der Waals surface area (Å²) in [4.78, 5) is 4.50. The Morgan fingerprint density at radius 3 is 2.00 bits per heavy atom. The van der Waals surface area contributed by atoms with Gasteiger partial charge in [-0.25, -0.2) is 8.78 Å². The molecule has 0 aromatic heterocycles. The van der Waals surface area contributed by atoms with Crippen LogP contribution in [0, 0.1) is 0 Å². The number of nitrogens with zero attached hydrogens (tertiary/aromatic N) is 2. The molecule has 1 aliphatic heterocycles. The molecule has 0 radical (unpaired) electrons. The van der Waals surface area contributed by atoms with Gasteiger partial charge in [0.25, 0.3) is 0 Å². The third kappa shape index (κ3) is 4.43. The zero-order chi connectivity index (χ0) is 11.3. The largest absolute Gasteiger partial charge is 0.301 e. The molecule has 1 saturated heterocycles. The van der Waals surface area contributed by atoms with Crippen molar-refractivity contribution < 1.29 is 8.78 Å². The highest BCUT2D eigenvalue weighted by Gasteiger charge is 2.27. The zero-order valence-electron chi connectivity index (χ0n) is 9.81. The van der Waals surface area contributed by atoms with Crippen LogP contribution in [0.4, 0.5) is 8.78 Å². The van der Waals surface area contributed by atoms with Crippen LogP contribution in [0.15, 0.2) is 0 Å². The highest BCUT2D eigenvalue weighted by molar-refractivity contribution is 4.73. The fraction of sp³-hybridized carbons (Fsp3) is 1.00. The molecule has 4 heteroatoms. The van der Waals surface area contributed by atoms with E-state index in [9.17, 15) is 8.78 Å². The van der Waals surface area contributed by atoms with Crippen LogP contribution in [0.5, 0.6) is 0 Å². The monoisotopic (exact) mass is 220 g/mol. The molecule has 1 fully saturated rings. The van der Waals surface area contributed by atoms with E-state index in [2.05, 4.69) is 16.7 Å². The molecule has 0 unspecified atom stereocenters. The second-order valence-corrected chi connectivity index (χ2v) is 4.24. The first-order valence-electron chi connectivity index (χ1n) is 5.90. The molecule has 2 nitrogen and oxygen atoms in total. The maximum atomic E-state index is 13.0. The van der Waals surface area contributed by atoms with Gasteiger partial charge in [-0.2, -0.15) is 0 Å². The van der Waals surface area contributed by atoms with E-state index in [1.54, 1.807) is 6.92 Å². The minimum absolute atomic E-state index is 0.00955. The highest BCUT2D eigenvalue weighted by Crippen LogP contribution is 2.22. The Balaban J connectivity index is 2.19. The van der Waals surface area contributed by atoms with Crippen LogP contribution >= 0.6 is 0 Å². The first kappa shape index (κ1) is 12.8. The lowest BCUT2D eigenvalue weighted by atomic mass is 10.1. The van der Waals surface area contributed by atoms with Crippen molar-refractivity contribution in [1.29, 1.82) is 0 Å². The first-order chi connectivity index (χ1) is 7.07. The van der Waals surface area contributed by atoms with Crippen LogP contribution in [0.2, 0.25) is 0 Å². The molecule has 90 valence electrons. The number of likely N-dealkylation sites (N-methyl/N-ethyl adjacent to an activating group) is 1. The fourth-order valence-corrected chi connectivity index (χ4v) is 1.83. The van der Waals surface area contributed by atoms with Crippen molar-refractivity contribution in [3.05, 3.63) is 0 Å². The van der Waals surface area contributed by atoms with Crippen molar-refractivity contribution in [1.82, 2.24) is 9.80 Å². The minimum atomic E-state index is -2.47. The van der Waals surface area contributed by atoms with Crippen LogP contribution in [-0.4, -0.2) is 55.0 Å². The predicted molar refractivity (Wildman–Crippen MR) is 58.4 cm³/mol. The summed E-state index contributed by atoms with van der Waals surface area (Å²) in [6.07, 6.45) is -0.0302. The van der Waals surface area contributed by atoms with Gasteiger partial charge in [-0.3, -0.25) is 0 Å². The zero-order valence-corrected chi connectivity index (χ0v) is 9.81. The topological polar surface area (TPSA) is 6.48 Å². The van der Waals surface area contributed by atoms with E-state index < -0.39 is 5.92 Å². The van der Waals surface area contributed by atoms with Crippen LogP contribution < -0.4 is 0 Å². The molecular weight excluding hydrogens is 198 g/mol. The standard InChI is InChI=1S/C11H22F2N2/c1-3-11(12,13)5-6-15-9-7-14(4-2)8-10-15/h3-10H2,1-2H3. The van der Waals surface area contributed by atoms with Gasteiger partial charge in [0.05, 0.1) is 0 Å². The molecule has 1 heterocycles. The SMILES string of the molecule is CCN1CCN(CCC(F)(F)CC)CC1. The lowest BCUT2D eigenvalue weighted by Crippen LogP contribution is -2.47. The summed E-state index contributed by atoms with van der Waals surface area (Å²) >= 11 is 0. The third-order valence-corrected chi connectivity index (χ3v) is 3.22. The summed E-state index contributed by atoms with van der Waals surface area (Å²) in [6, 6.07) is 0. The molecular formula is C11H22F2N2. The molecule has 1 aliphatic rings. The molecule has 1 rings (SSSR count). The molecule has 0 N–H and O–H groups in total. The lowest BCUT2D eigenvalue weighted by molar-refractivity contribution is -0.0228. The number of hydrogen-bond donors (Lipinski definition) is 0. The maximum absolute atomic E-state index is 13.0. The van der Waals surface area contributed by atoms with Crippen molar-refractivity contribution in [2.75, 3.05) is 39.3 Å². The van der Waals surface area contributed by atoms with Crippen LogP contribution in [-0.2, 0) is 0 Å². The summed E-state index contributed by atoms with van der Waals surface area (Å²) in [5.41, 5.74) is 0. The molecule has 0 bridgehead atoms. The van der Waals surface area contributed by atoms with Gasteiger partial charge in [0.15, 0.2) is 0 Å². The molecule has 15 heavy (non-hydrogen) atoms. The third-order valence-electron chi connectivity index (χ3n) is 3.22.